The third-order valence-corrected chi connectivity index (χ3v) is 2.94. The van der Waals surface area contributed by atoms with Crippen LogP contribution in [0.2, 0.25) is 0 Å². The standard InChI is InChI=1S/C14H9FN2O2/c15-10-2-1-3-12-13(10)9(7-17-12)11-5-4-8(6-16-11)14(18)19/h1-7,17H,(H,18,19). The van der Waals surface area contributed by atoms with Gasteiger partial charge in [-0.25, -0.2) is 9.18 Å². The third-order valence-electron chi connectivity index (χ3n) is 2.94. The molecule has 4 nitrogen and oxygen atoms in total. The normalized spacial score (nSPS) is 10.8. The van der Waals surface area contributed by atoms with Crippen LogP contribution in [0.25, 0.3) is 22.2 Å². The predicted molar refractivity (Wildman–Crippen MR) is 68.4 cm³/mol. The lowest BCUT2D eigenvalue weighted by Crippen LogP contribution is -1.96. The molecule has 0 saturated carbocycles. The molecule has 2 heterocycles. The zero-order chi connectivity index (χ0) is 13.4. The number of aromatic nitrogens is 2. The molecule has 0 saturated heterocycles. The van der Waals surface area contributed by atoms with Gasteiger partial charge in [0.05, 0.1) is 11.3 Å². The van der Waals surface area contributed by atoms with Crippen LogP contribution in [0.15, 0.2) is 42.7 Å². The van der Waals surface area contributed by atoms with Crippen molar-refractivity contribution in [2.24, 2.45) is 0 Å². The highest BCUT2D eigenvalue weighted by Gasteiger charge is 2.12. The number of fused-ring (bicyclic) bond motifs is 1. The Morgan fingerprint density at radius 3 is 2.79 bits per heavy atom. The van der Waals surface area contributed by atoms with E-state index in [1.165, 1.54) is 18.3 Å². The summed E-state index contributed by atoms with van der Waals surface area (Å²) in [7, 11) is 0. The van der Waals surface area contributed by atoms with Crippen LogP contribution in [0.3, 0.4) is 0 Å². The van der Waals surface area contributed by atoms with Crippen molar-refractivity contribution in [3.63, 3.8) is 0 Å². The third kappa shape index (κ3) is 1.85. The van der Waals surface area contributed by atoms with E-state index >= 15 is 0 Å². The number of H-pyrrole nitrogens is 1. The van der Waals surface area contributed by atoms with Gasteiger partial charge in [0.1, 0.15) is 5.82 Å². The minimum atomic E-state index is -1.04. The number of aromatic amines is 1. The van der Waals surface area contributed by atoms with Crippen molar-refractivity contribution in [2.75, 3.05) is 0 Å². The van der Waals surface area contributed by atoms with Crippen molar-refractivity contribution < 1.29 is 14.3 Å². The fourth-order valence-corrected chi connectivity index (χ4v) is 2.02. The molecule has 0 radical (unpaired) electrons. The molecule has 94 valence electrons. The number of carboxylic acid groups (broad SMARTS) is 1. The SMILES string of the molecule is O=C(O)c1ccc(-c2c[nH]c3cccc(F)c23)nc1. The van der Waals surface area contributed by atoms with Crippen molar-refractivity contribution in [3.8, 4) is 11.3 Å². The Kier molecular flexibility index (Phi) is 2.52. The first kappa shape index (κ1) is 11.4. The Hall–Kier alpha value is -2.69. The Morgan fingerprint density at radius 2 is 2.11 bits per heavy atom. The molecule has 0 aliphatic carbocycles. The number of carboxylic acids is 1. The average Bonchev–Trinajstić information content (AvgIpc) is 2.84. The summed E-state index contributed by atoms with van der Waals surface area (Å²) in [5.74, 6) is -1.37. The molecule has 3 rings (SSSR count). The topological polar surface area (TPSA) is 66.0 Å². The summed E-state index contributed by atoms with van der Waals surface area (Å²) in [5.41, 5.74) is 1.93. The van der Waals surface area contributed by atoms with Gasteiger partial charge in [-0.2, -0.15) is 0 Å². The van der Waals surface area contributed by atoms with Gasteiger partial charge in [0.2, 0.25) is 0 Å². The number of nitrogens with zero attached hydrogens (tertiary/aromatic N) is 1. The summed E-state index contributed by atoms with van der Waals surface area (Å²) < 4.78 is 13.8. The van der Waals surface area contributed by atoms with Crippen molar-refractivity contribution >= 4 is 16.9 Å². The van der Waals surface area contributed by atoms with Crippen molar-refractivity contribution in [1.29, 1.82) is 0 Å². The molecule has 0 spiro atoms. The van der Waals surface area contributed by atoms with E-state index in [4.69, 9.17) is 5.11 Å². The highest BCUT2D eigenvalue weighted by molar-refractivity contribution is 5.95. The van der Waals surface area contributed by atoms with E-state index in [1.807, 2.05) is 0 Å². The van der Waals surface area contributed by atoms with Gasteiger partial charge in [0, 0.05) is 28.9 Å². The Balaban J connectivity index is 2.16. The summed E-state index contributed by atoms with van der Waals surface area (Å²) in [6.45, 7) is 0. The van der Waals surface area contributed by atoms with Crippen molar-refractivity contribution in [3.05, 3.63) is 54.1 Å². The number of pyridine rings is 1. The molecule has 0 aliphatic rings. The van der Waals surface area contributed by atoms with Crippen molar-refractivity contribution in [2.45, 2.75) is 0 Å². The molecule has 0 unspecified atom stereocenters. The molecule has 0 fully saturated rings. The molecule has 2 aromatic heterocycles. The number of rotatable bonds is 2. The molecule has 0 amide bonds. The van der Waals surface area contributed by atoms with Crippen LogP contribution in [-0.2, 0) is 0 Å². The Bertz CT molecular complexity index is 763. The van der Waals surface area contributed by atoms with Crippen LogP contribution < -0.4 is 0 Å². The number of halogens is 1. The summed E-state index contributed by atoms with van der Waals surface area (Å²) in [4.78, 5) is 17.8. The van der Waals surface area contributed by atoms with E-state index in [-0.39, 0.29) is 11.4 Å². The maximum atomic E-state index is 13.8. The zero-order valence-electron chi connectivity index (χ0n) is 9.72. The van der Waals surface area contributed by atoms with Crippen LogP contribution in [0, 0.1) is 5.82 Å². The molecule has 2 N–H and O–H groups in total. The van der Waals surface area contributed by atoms with Crippen LogP contribution >= 0.6 is 0 Å². The average molecular weight is 256 g/mol. The maximum Gasteiger partial charge on any atom is 0.337 e. The van der Waals surface area contributed by atoms with Crippen LogP contribution in [0.5, 0.6) is 0 Å². The van der Waals surface area contributed by atoms with E-state index in [0.717, 1.165) is 0 Å². The summed E-state index contributed by atoms with van der Waals surface area (Å²) in [6, 6.07) is 7.79. The number of benzene rings is 1. The second-order valence-electron chi connectivity index (χ2n) is 4.10. The quantitative estimate of drug-likeness (QED) is 0.740. The molecule has 0 aliphatic heterocycles. The van der Waals surface area contributed by atoms with Gasteiger partial charge >= 0.3 is 5.97 Å². The number of carbonyl (C=O) groups is 1. The van der Waals surface area contributed by atoms with Crippen LogP contribution in [-0.4, -0.2) is 21.0 Å². The summed E-state index contributed by atoms with van der Waals surface area (Å²) >= 11 is 0. The van der Waals surface area contributed by atoms with Crippen molar-refractivity contribution in [1.82, 2.24) is 9.97 Å². The van der Waals surface area contributed by atoms with E-state index < -0.39 is 5.97 Å². The minimum absolute atomic E-state index is 0.101. The van der Waals surface area contributed by atoms with Gasteiger partial charge in [-0.15, -0.1) is 0 Å². The smallest absolute Gasteiger partial charge is 0.337 e. The second-order valence-corrected chi connectivity index (χ2v) is 4.10. The van der Waals surface area contributed by atoms with Gasteiger partial charge in [-0.1, -0.05) is 6.07 Å². The van der Waals surface area contributed by atoms with Gasteiger partial charge < -0.3 is 10.1 Å². The highest BCUT2D eigenvalue weighted by Crippen LogP contribution is 2.29. The van der Waals surface area contributed by atoms with E-state index in [1.54, 1.807) is 24.4 Å². The van der Waals surface area contributed by atoms with Crippen LogP contribution in [0.4, 0.5) is 4.39 Å². The highest BCUT2D eigenvalue weighted by atomic mass is 19.1. The number of aromatic carboxylic acids is 1. The number of hydrogen-bond acceptors (Lipinski definition) is 2. The van der Waals surface area contributed by atoms with E-state index in [2.05, 4.69) is 9.97 Å². The first-order valence-electron chi connectivity index (χ1n) is 5.62. The maximum absolute atomic E-state index is 13.8. The lowest BCUT2D eigenvalue weighted by molar-refractivity contribution is 0.0696. The predicted octanol–water partition coefficient (Wildman–Crippen LogP) is 3.07. The molecule has 1 aromatic carbocycles. The van der Waals surface area contributed by atoms with Gasteiger partial charge in [0.15, 0.2) is 0 Å². The van der Waals surface area contributed by atoms with E-state index in [9.17, 15) is 9.18 Å². The fourth-order valence-electron chi connectivity index (χ4n) is 2.02. The van der Waals surface area contributed by atoms with E-state index in [0.29, 0.717) is 22.2 Å². The molecule has 5 heteroatoms. The van der Waals surface area contributed by atoms with Crippen LogP contribution in [0.1, 0.15) is 10.4 Å². The monoisotopic (exact) mass is 256 g/mol. The molecule has 19 heavy (non-hydrogen) atoms. The number of hydrogen-bond donors (Lipinski definition) is 2. The molecular weight excluding hydrogens is 247 g/mol. The molecular formula is C14H9FN2O2. The second kappa shape index (κ2) is 4.20. The first-order chi connectivity index (χ1) is 9.16. The Morgan fingerprint density at radius 1 is 1.26 bits per heavy atom. The fraction of sp³-hybridized carbons (Fsp3) is 0. The van der Waals surface area contributed by atoms with Gasteiger partial charge in [-0.3, -0.25) is 4.98 Å². The molecule has 0 bridgehead atoms. The molecule has 3 aromatic rings. The lowest BCUT2D eigenvalue weighted by atomic mass is 10.1. The first-order valence-corrected chi connectivity index (χ1v) is 5.62. The Labute approximate surface area is 107 Å². The zero-order valence-corrected chi connectivity index (χ0v) is 9.72. The minimum Gasteiger partial charge on any atom is -0.478 e. The lowest BCUT2D eigenvalue weighted by Gasteiger charge is -2.00. The van der Waals surface area contributed by atoms with Gasteiger partial charge in [-0.05, 0) is 24.3 Å². The van der Waals surface area contributed by atoms with Gasteiger partial charge in [0.25, 0.3) is 0 Å². The largest absolute Gasteiger partial charge is 0.478 e. The summed E-state index contributed by atoms with van der Waals surface area (Å²) in [5, 5.41) is 9.27. The number of nitrogens with one attached hydrogen (secondary N) is 1. The summed E-state index contributed by atoms with van der Waals surface area (Å²) in [6.07, 6.45) is 2.92. The molecule has 0 atom stereocenters.